The molecular weight excluding hydrogens is 432 g/mol. The van der Waals surface area contributed by atoms with Crippen LogP contribution < -0.4 is 11.5 Å². The van der Waals surface area contributed by atoms with E-state index in [1.165, 1.54) is 13.8 Å². The Labute approximate surface area is 205 Å². The molecule has 0 heterocycles. The average Bonchev–Trinajstić information content (AvgIpc) is 2.44. The molecule has 0 rings (SSSR count). The number of primary amides is 2. The van der Waals surface area contributed by atoms with Crippen LogP contribution in [0.25, 0.3) is 0 Å². The number of ether oxygens (including phenoxy) is 2. The van der Waals surface area contributed by atoms with Crippen LogP contribution in [0.4, 0.5) is 9.59 Å². The predicted molar refractivity (Wildman–Crippen MR) is 144 cm³/mol. The molecule has 0 aliphatic carbocycles. The number of carbonyl (C=O) groups excluding carboxylic acids is 2. The van der Waals surface area contributed by atoms with Gasteiger partial charge in [-0.25, -0.2) is 19.2 Å². The van der Waals surface area contributed by atoms with E-state index in [1.807, 2.05) is 0 Å². The molecule has 0 aromatic carbocycles. The van der Waals surface area contributed by atoms with Crippen LogP contribution in [0.15, 0.2) is 23.3 Å². The summed E-state index contributed by atoms with van der Waals surface area (Å²) in [6, 6.07) is 0. The number of carbonyl (C=O) groups is 4. The molecule has 208 valence electrons. The Bertz CT molecular complexity index is 497. The maximum atomic E-state index is 10.8. The summed E-state index contributed by atoms with van der Waals surface area (Å²) in [7, 11) is 0. The van der Waals surface area contributed by atoms with Crippen molar-refractivity contribution >= 4 is 24.1 Å². The Morgan fingerprint density at radius 2 is 0.909 bits per heavy atom. The molecule has 6 N–H and O–H groups in total. The van der Waals surface area contributed by atoms with Crippen LogP contribution in [-0.4, -0.2) is 47.6 Å². The van der Waals surface area contributed by atoms with Crippen molar-refractivity contribution in [1.82, 2.24) is 0 Å². The second kappa shape index (κ2) is 39.4. The van der Waals surface area contributed by atoms with Crippen LogP contribution in [0.3, 0.4) is 0 Å². The van der Waals surface area contributed by atoms with Gasteiger partial charge in [0.15, 0.2) is 0 Å². The fourth-order valence-corrected chi connectivity index (χ4v) is 1.20. The molecule has 0 saturated heterocycles. The summed E-state index contributed by atoms with van der Waals surface area (Å²) < 4.78 is 9.02. The van der Waals surface area contributed by atoms with Crippen LogP contribution in [0.5, 0.6) is 0 Å². The Kier molecular flexibility index (Phi) is 83.5. The first-order valence-electron chi connectivity index (χ1n) is 6.64. The quantitative estimate of drug-likeness (QED) is 0.270. The smallest absolute Gasteiger partial charge is 0.404 e. The van der Waals surface area contributed by atoms with Crippen LogP contribution in [0.2, 0.25) is 0 Å². The van der Waals surface area contributed by atoms with Crippen LogP contribution in [-0.2, 0) is 19.1 Å². The molecule has 0 atom stereocenters. The zero-order chi connectivity index (χ0) is 19.3. The summed E-state index contributed by atoms with van der Waals surface area (Å²) in [6.45, 7) is 5.94. The van der Waals surface area contributed by atoms with Crippen molar-refractivity contribution < 1.29 is 38.9 Å². The van der Waals surface area contributed by atoms with Gasteiger partial charge in [0.2, 0.25) is 0 Å². The molecular formula is C23H58N2O8. The van der Waals surface area contributed by atoms with Crippen molar-refractivity contribution in [2.75, 3.05) is 13.2 Å². The lowest BCUT2D eigenvalue weighted by Gasteiger charge is -2.10. The van der Waals surface area contributed by atoms with E-state index in [2.05, 4.69) is 16.1 Å². The highest BCUT2D eigenvalue weighted by Crippen LogP contribution is 2.14. The van der Waals surface area contributed by atoms with Crippen molar-refractivity contribution in [2.45, 2.75) is 93.5 Å². The lowest BCUT2D eigenvalue weighted by atomic mass is 10.0. The molecule has 10 heteroatoms. The van der Waals surface area contributed by atoms with Crippen molar-refractivity contribution in [2.24, 2.45) is 11.5 Å². The maximum Gasteiger partial charge on any atom is 0.404 e. The van der Waals surface area contributed by atoms with E-state index < -0.39 is 24.1 Å². The zero-order valence-corrected chi connectivity index (χ0v) is 13.5. The number of amides is 2. The molecule has 10 nitrogen and oxygen atoms in total. The van der Waals surface area contributed by atoms with Gasteiger partial charge in [-0.2, -0.15) is 0 Å². The van der Waals surface area contributed by atoms with Crippen LogP contribution in [0.1, 0.15) is 93.5 Å². The lowest BCUT2D eigenvalue weighted by molar-refractivity contribution is -0.133. The summed E-state index contributed by atoms with van der Waals surface area (Å²) in [5, 5.41) is 16.7. The van der Waals surface area contributed by atoms with Gasteiger partial charge in [0.05, 0.1) is 13.2 Å². The predicted octanol–water partition coefficient (Wildman–Crippen LogP) is 6.73. The van der Waals surface area contributed by atoms with Gasteiger partial charge in [-0.05, 0) is 13.8 Å². The number of nitrogens with two attached hydrogens (primary N) is 2. The minimum Gasteiger partial charge on any atom is -0.478 e. The number of carboxylic acids is 2. The third-order valence-corrected chi connectivity index (χ3v) is 2.51. The first-order chi connectivity index (χ1) is 11.0. The molecule has 0 aromatic heterocycles. The lowest BCUT2D eigenvalue weighted by Crippen LogP contribution is -2.16. The Morgan fingerprint density at radius 3 is 1.06 bits per heavy atom. The summed E-state index contributed by atoms with van der Waals surface area (Å²) in [5.74, 6) is -2.03. The van der Waals surface area contributed by atoms with Gasteiger partial charge in [-0.1, -0.05) is 79.0 Å². The van der Waals surface area contributed by atoms with E-state index in [4.69, 9.17) is 21.7 Å². The fourth-order valence-electron chi connectivity index (χ4n) is 1.20. The van der Waals surface area contributed by atoms with E-state index in [0.29, 0.717) is 5.57 Å². The standard InChI is InChI=1S/C10H16N2O6.C4H6O2.9CH4/c1-6(8(13)14)7(2-4-17-9(11)15)3-5-18-10(12)16;1-3(2)4(5)6;;;;;;;;;/h2-5H2,1H3,(H2,11,15)(H2,12,16)(H,13,14);1H2,2H3,(H,5,6);9*1H4. The molecule has 0 aliphatic heterocycles. The minimum absolute atomic E-state index is 0. The highest BCUT2D eigenvalue weighted by Gasteiger charge is 2.11. The van der Waals surface area contributed by atoms with Gasteiger partial charge in [0.1, 0.15) is 0 Å². The highest BCUT2D eigenvalue weighted by molar-refractivity contribution is 5.86. The first-order valence-corrected chi connectivity index (χ1v) is 6.64. The first kappa shape index (κ1) is 69.9. The van der Waals surface area contributed by atoms with Gasteiger partial charge in [-0.3, -0.25) is 0 Å². The molecule has 0 bridgehead atoms. The molecule has 0 aliphatic rings. The molecule has 2 amide bonds. The summed E-state index contributed by atoms with van der Waals surface area (Å²) in [4.78, 5) is 41.2. The second-order valence-corrected chi connectivity index (χ2v) is 4.45. The number of carboxylic acid groups (broad SMARTS) is 2. The molecule has 33 heavy (non-hydrogen) atoms. The minimum atomic E-state index is -1.09. The Balaban J connectivity index is -0.0000000322. The fraction of sp³-hybridized carbons (Fsp3) is 0.652. The van der Waals surface area contributed by atoms with Crippen molar-refractivity contribution in [3.63, 3.8) is 0 Å². The maximum absolute atomic E-state index is 10.8. The number of rotatable bonds is 8. The van der Waals surface area contributed by atoms with E-state index >= 15 is 0 Å². The molecule has 0 fully saturated rings. The largest absolute Gasteiger partial charge is 0.478 e. The average molecular weight is 491 g/mol. The van der Waals surface area contributed by atoms with E-state index in [0.717, 1.165) is 0 Å². The molecule has 0 aromatic rings. The number of aliphatic carboxylic acids is 2. The Morgan fingerprint density at radius 1 is 0.667 bits per heavy atom. The van der Waals surface area contributed by atoms with Gasteiger partial charge in [-0.15, -0.1) is 0 Å². The van der Waals surface area contributed by atoms with Crippen molar-refractivity contribution in [3.05, 3.63) is 23.3 Å². The third kappa shape index (κ3) is 47.9. The highest BCUT2D eigenvalue weighted by atomic mass is 16.5. The normalized spacial score (nSPS) is 6.48. The molecule has 0 spiro atoms. The van der Waals surface area contributed by atoms with E-state index in [-0.39, 0.29) is 104 Å². The van der Waals surface area contributed by atoms with Gasteiger partial charge in [0.25, 0.3) is 0 Å². The van der Waals surface area contributed by atoms with Gasteiger partial charge >= 0.3 is 24.1 Å². The van der Waals surface area contributed by atoms with Crippen LogP contribution >= 0.6 is 0 Å². The second-order valence-electron chi connectivity index (χ2n) is 4.45. The van der Waals surface area contributed by atoms with Gasteiger partial charge in [0, 0.05) is 24.0 Å². The monoisotopic (exact) mass is 490 g/mol. The molecule has 0 radical (unpaired) electrons. The molecule has 0 unspecified atom stereocenters. The van der Waals surface area contributed by atoms with Crippen molar-refractivity contribution in [1.29, 1.82) is 0 Å². The third-order valence-electron chi connectivity index (χ3n) is 2.51. The van der Waals surface area contributed by atoms with Crippen molar-refractivity contribution in [3.8, 4) is 0 Å². The van der Waals surface area contributed by atoms with Gasteiger partial charge < -0.3 is 31.2 Å². The zero-order valence-electron chi connectivity index (χ0n) is 13.5. The topological polar surface area (TPSA) is 179 Å². The Hall–Kier alpha value is -3.04. The summed E-state index contributed by atoms with van der Waals surface area (Å²) >= 11 is 0. The molecule has 0 saturated carbocycles. The SMILES string of the molecule is C.C.C.C.C.C.C.C.C.C=C(C)C(=O)O.CC(C(=O)O)=C(CCOC(N)=O)CCOC(N)=O. The van der Waals surface area contributed by atoms with E-state index in [9.17, 15) is 19.2 Å². The van der Waals surface area contributed by atoms with Crippen LogP contribution in [0, 0.1) is 0 Å². The number of hydrogen-bond acceptors (Lipinski definition) is 6. The number of hydrogen-bond donors (Lipinski definition) is 4. The van der Waals surface area contributed by atoms with E-state index in [1.54, 1.807) is 0 Å². The summed E-state index contributed by atoms with van der Waals surface area (Å²) in [5.41, 5.74) is 10.3. The summed E-state index contributed by atoms with van der Waals surface area (Å²) in [6.07, 6.45) is -1.47.